The van der Waals surface area contributed by atoms with Crippen LogP contribution in [0.5, 0.6) is 0 Å². The van der Waals surface area contributed by atoms with Crippen molar-refractivity contribution in [3.8, 4) is 11.3 Å². The third-order valence-corrected chi connectivity index (χ3v) is 8.73. The number of hydrogen-bond donors (Lipinski definition) is 2. The van der Waals surface area contributed by atoms with Gasteiger partial charge in [-0.15, -0.1) is 0 Å². The molecule has 0 aliphatic carbocycles. The molecule has 3 N–H and O–H groups in total. The van der Waals surface area contributed by atoms with Crippen LogP contribution in [-0.4, -0.2) is 54.8 Å². The molecule has 34 heavy (non-hydrogen) atoms. The Kier molecular flexibility index (Phi) is 6.43. The zero-order valence-corrected chi connectivity index (χ0v) is 20.8. The van der Waals surface area contributed by atoms with Crippen molar-refractivity contribution in [2.75, 3.05) is 24.5 Å². The number of benzene rings is 1. The van der Waals surface area contributed by atoms with Gasteiger partial charge in [-0.1, -0.05) is 19.1 Å². The average Bonchev–Trinajstić information content (AvgIpc) is 3.32. The summed E-state index contributed by atoms with van der Waals surface area (Å²) in [5.74, 6) is -0.369. The first kappa shape index (κ1) is 24.6. The number of hydrogen-bond acceptors (Lipinski definition) is 6. The molecule has 3 heterocycles. The number of amides is 1. The smallest absolute Gasteiger partial charge is 0.304 e. The van der Waals surface area contributed by atoms with Crippen molar-refractivity contribution in [2.45, 2.75) is 52.1 Å². The molecule has 1 aromatic carbocycles. The number of pyridine rings is 1. The number of carbonyl (C=O) groups excluding carboxylic acids is 1. The number of nitrogens with one attached hydrogen (secondary N) is 1. The molecule has 10 heteroatoms. The number of nitrogens with two attached hydrogens (primary N) is 1. The van der Waals surface area contributed by atoms with Gasteiger partial charge in [-0.05, 0) is 63.3 Å². The standard InChI is InChI=1S/C24H32FN5O3S/c1-15-5-6-17(13-20(15)25)21-8-7-19(22(27-21)30-12-9-16(2)24(30,3)4)23(31)28-34(32,33)29-11-10-18(26)14-29/h5-8,13,16,18H,9-12,14,26H2,1-4H3,(H,28,31)/t16?,18-/m0/s1. The molecular formula is C24H32FN5O3S. The second kappa shape index (κ2) is 8.90. The van der Waals surface area contributed by atoms with Gasteiger partial charge in [-0.25, -0.2) is 14.1 Å². The van der Waals surface area contributed by atoms with E-state index in [1.54, 1.807) is 31.2 Å². The molecule has 4 rings (SSSR count). The minimum absolute atomic E-state index is 0.158. The molecule has 184 valence electrons. The van der Waals surface area contributed by atoms with E-state index in [1.165, 1.54) is 10.4 Å². The lowest BCUT2D eigenvalue weighted by Gasteiger charge is -2.36. The lowest BCUT2D eigenvalue weighted by molar-refractivity contribution is 0.0979. The maximum atomic E-state index is 14.2. The summed E-state index contributed by atoms with van der Waals surface area (Å²) in [6, 6.07) is 7.82. The Morgan fingerprint density at radius 1 is 1.21 bits per heavy atom. The van der Waals surface area contributed by atoms with E-state index in [4.69, 9.17) is 10.7 Å². The maximum absolute atomic E-state index is 14.2. The first-order valence-corrected chi connectivity index (χ1v) is 13.0. The Balaban J connectivity index is 1.74. The highest BCUT2D eigenvalue weighted by molar-refractivity contribution is 7.87. The van der Waals surface area contributed by atoms with Crippen LogP contribution in [0.25, 0.3) is 11.3 Å². The fourth-order valence-corrected chi connectivity index (χ4v) is 5.77. The van der Waals surface area contributed by atoms with Gasteiger partial charge < -0.3 is 10.6 Å². The second-order valence-electron chi connectivity index (χ2n) is 9.87. The fraction of sp³-hybridized carbons (Fsp3) is 0.500. The predicted octanol–water partition coefficient (Wildman–Crippen LogP) is 2.83. The van der Waals surface area contributed by atoms with E-state index in [9.17, 15) is 17.6 Å². The van der Waals surface area contributed by atoms with Crippen molar-refractivity contribution in [2.24, 2.45) is 11.7 Å². The SMILES string of the molecule is Cc1ccc(-c2ccc(C(=O)NS(=O)(=O)N3CC[C@H](N)C3)c(N3CCC(C)C3(C)C)n2)cc1F. The van der Waals surface area contributed by atoms with Gasteiger partial charge in [0.15, 0.2) is 0 Å². The zero-order valence-electron chi connectivity index (χ0n) is 20.0. The van der Waals surface area contributed by atoms with Crippen LogP contribution in [0.1, 0.15) is 49.5 Å². The Morgan fingerprint density at radius 2 is 1.94 bits per heavy atom. The number of anilines is 1. The summed E-state index contributed by atoms with van der Waals surface area (Å²) in [5.41, 5.74) is 7.32. The number of aromatic nitrogens is 1. The van der Waals surface area contributed by atoms with Gasteiger partial charge in [0.2, 0.25) is 0 Å². The van der Waals surface area contributed by atoms with Crippen molar-refractivity contribution < 1.29 is 17.6 Å². The van der Waals surface area contributed by atoms with Gasteiger partial charge in [0, 0.05) is 36.8 Å². The van der Waals surface area contributed by atoms with E-state index in [0.29, 0.717) is 41.5 Å². The number of rotatable bonds is 5. The summed E-state index contributed by atoms with van der Waals surface area (Å²) in [6.45, 7) is 9.09. The van der Waals surface area contributed by atoms with E-state index < -0.39 is 16.1 Å². The lowest BCUT2D eigenvalue weighted by atomic mass is 9.90. The molecule has 2 fully saturated rings. The van der Waals surface area contributed by atoms with Gasteiger partial charge in [0.1, 0.15) is 11.6 Å². The highest BCUT2D eigenvalue weighted by Crippen LogP contribution is 2.39. The number of nitrogens with zero attached hydrogens (tertiary/aromatic N) is 3. The maximum Gasteiger partial charge on any atom is 0.304 e. The van der Waals surface area contributed by atoms with Crippen LogP contribution < -0.4 is 15.4 Å². The van der Waals surface area contributed by atoms with E-state index in [0.717, 1.165) is 6.42 Å². The highest BCUT2D eigenvalue weighted by atomic mass is 32.2. The molecule has 0 radical (unpaired) electrons. The highest BCUT2D eigenvalue weighted by Gasteiger charge is 2.41. The van der Waals surface area contributed by atoms with E-state index in [2.05, 4.69) is 25.5 Å². The largest absolute Gasteiger partial charge is 0.351 e. The summed E-state index contributed by atoms with van der Waals surface area (Å²) in [7, 11) is -4.03. The third kappa shape index (κ3) is 4.54. The van der Waals surface area contributed by atoms with Crippen LogP contribution in [-0.2, 0) is 10.2 Å². The quantitative estimate of drug-likeness (QED) is 0.669. The Labute approximate surface area is 200 Å². The van der Waals surface area contributed by atoms with Crippen LogP contribution in [0, 0.1) is 18.7 Å². The summed E-state index contributed by atoms with van der Waals surface area (Å²) in [6.07, 6.45) is 1.45. The normalized spacial score (nSPS) is 22.8. The molecule has 1 amide bonds. The Hall–Kier alpha value is -2.56. The van der Waals surface area contributed by atoms with Crippen molar-refractivity contribution in [1.29, 1.82) is 0 Å². The number of halogens is 1. The molecule has 2 saturated heterocycles. The molecule has 0 bridgehead atoms. The third-order valence-electron chi connectivity index (χ3n) is 7.28. The van der Waals surface area contributed by atoms with Gasteiger partial charge in [-0.3, -0.25) is 4.79 Å². The minimum atomic E-state index is -4.03. The molecule has 2 aliphatic rings. The lowest BCUT2D eigenvalue weighted by Crippen LogP contribution is -2.45. The zero-order chi connectivity index (χ0) is 24.8. The minimum Gasteiger partial charge on any atom is -0.351 e. The van der Waals surface area contributed by atoms with Crippen LogP contribution in [0.2, 0.25) is 0 Å². The molecular weight excluding hydrogens is 457 g/mol. The van der Waals surface area contributed by atoms with E-state index in [-0.39, 0.29) is 36.1 Å². The molecule has 2 aliphatic heterocycles. The molecule has 2 atom stereocenters. The summed E-state index contributed by atoms with van der Waals surface area (Å²) in [5, 5.41) is 0. The van der Waals surface area contributed by atoms with Crippen LogP contribution >= 0.6 is 0 Å². The molecule has 0 spiro atoms. The van der Waals surface area contributed by atoms with Crippen molar-refractivity contribution in [3.63, 3.8) is 0 Å². The molecule has 2 aromatic rings. The monoisotopic (exact) mass is 489 g/mol. The van der Waals surface area contributed by atoms with Crippen molar-refractivity contribution in [3.05, 3.63) is 47.3 Å². The Bertz CT molecular complexity index is 1220. The molecule has 1 aromatic heterocycles. The van der Waals surface area contributed by atoms with E-state index in [1.807, 2.05) is 4.90 Å². The van der Waals surface area contributed by atoms with Crippen molar-refractivity contribution in [1.82, 2.24) is 14.0 Å². The number of carbonyl (C=O) groups is 1. The summed E-state index contributed by atoms with van der Waals surface area (Å²) < 4.78 is 43.2. The van der Waals surface area contributed by atoms with Gasteiger partial charge in [0.25, 0.3) is 5.91 Å². The van der Waals surface area contributed by atoms with Gasteiger partial charge in [-0.2, -0.15) is 12.7 Å². The summed E-state index contributed by atoms with van der Waals surface area (Å²) in [4.78, 5) is 20.0. The van der Waals surface area contributed by atoms with Gasteiger partial charge in [0.05, 0.1) is 11.3 Å². The first-order valence-electron chi connectivity index (χ1n) is 11.5. The topological polar surface area (TPSA) is 109 Å². The Morgan fingerprint density at radius 3 is 2.53 bits per heavy atom. The first-order chi connectivity index (χ1) is 15.9. The number of aryl methyl sites for hydroxylation is 1. The van der Waals surface area contributed by atoms with Crippen molar-refractivity contribution >= 4 is 21.9 Å². The molecule has 0 saturated carbocycles. The predicted molar refractivity (Wildman–Crippen MR) is 130 cm³/mol. The van der Waals surface area contributed by atoms with Gasteiger partial charge >= 0.3 is 10.2 Å². The summed E-state index contributed by atoms with van der Waals surface area (Å²) >= 11 is 0. The molecule has 8 nitrogen and oxygen atoms in total. The van der Waals surface area contributed by atoms with Crippen LogP contribution in [0.3, 0.4) is 0 Å². The molecule has 1 unspecified atom stereocenters. The van der Waals surface area contributed by atoms with E-state index >= 15 is 0 Å². The average molecular weight is 490 g/mol. The van der Waals surface area contributed by atoms with Crippen LogP contribution in [0.4, 0.5) is 10.2 Å². The van der Waals surface area contributed by atoms with Crippen LogP contribution in [0.15, 0.2) is 30.3 Å². The fourth-order valence-electron chi connectivity index (χ4n) is 4.56. The second-order valence-corrected chi connectivity index (χ2v) is 11.5.